The maximum absolute atomic E-state index is 15.0. The van der Waals surface area contributed by atoms with Gasteiger partial charge in [0.05, 0.1) is 12.7 Å². The molecule has 0 spiro atoms. The summed E-state index contributed by atoms with van der Waals surface area (Å²) >= 11 is 0.870. The van der Waals surface area contributed by atoms with Gasteiger partial charge in [-0.2, -0.15) is 4.39 Å². The molecule has 0 aliphatic rings. The number of halogens is 2. The van der Waals surface area contributed by atoms with E-state index in [9.17, 15) is 27.2 Å². The first-order chi connectivity index (χ1) is 16.9. The molecule has 0 amide bonds. The number of carbonyl (C=O) groups is 3. The molecule has 0 saturated carbocycles. The van der Waals surface area contributed by atoms with Gasteiger partial charge in [-0.1, -0.05) is 0 Å². The van der Waals surface area contributed by atoms with E-state index in [0.717, 1.165) is 24.6 Å². The number of carboxylic acid groups (broad SMARTS) is 2. The maximum atomic E-state index is 15.0. The van der Waals surface area contributed by atoms with Crippen LogP contribution in [0.5, 0.6) is 0 Å². The quantitative estimate of drug-likeness (QED) is 0.218. The minimum atomic E-state index is -4.43. The fraction of sp³-hybridized carbons (Fsp3) is 0.143. The first-order valence-electron chi connectivity index (χ1n) is 9.66. The Hall–Kier alpha value is -3.95. The summed E-state index contributed by atoms with van der Waals surface area (Å²) in [6.07, 6.45) is 3.34. The van der Waals surface area contributed by atoms with Crippen LogP contribution in [-0.2, 0) is 30.9 Å². The number of hydrogen-bond donors (Lipinski definition) is 3. The van der Waals surface area contributed by atoms with E-state index < -0.39 is 45.4 Å². The molecule has 0 fully saturated rings. The van der Waals surface area contributed by atoms with E-state index in [1.165, 1.54) is 29.8 Å². The highest BCUT2D eigenvalue weighted by molar-refractivity contribution is 7.90. The number of hydrogen-bond acceptors (Lipinski definition) is 9. The van der Waals surface area contributed by atoms with E-state index >= 15 is 4.39 Å². The van der Waals surface area contributed by atoms with Crippen molar-refractivity contribution in [2.75, 3.05) is 14.2 Å². The smallest absolute Gasteiger partial charge is 0.349 e. The summed E-state index contributed by atoms with van der Waals surface area (Å²) in [6.45, 7) is 0.0106. The van der Waals surface area contributed by atoms with Gasteiger partial charge < -0.3 is 20.3 Å². The first kappa shape index (κ1) is 28.3. The third-order valence-corrected chi connectivity index (χ3v) is 7.00. The lowest BCUT2D eigenvalue weighted by molar-refractivity contribution is -0.134. The average Bonchev–Trinajstić information content (AvgIpc) is 3.45. The Morgan fingerprint density at radius 3 is 2.36 bits per heavy atom. The van der Waals surface area contributed by atoms with Crippen molar-refractivity contribution in [2.24, 2.45) is 0 Å². The molecule has 0 atom stereocenters. The maximum Gasteiger partial charge on any atom is 0.349 e. The molecule has 0 unspecified atom stereocenters. The molecule has 0 saturated heterocycles. The summed E-state index contributed by atoms with van der Waals surface area (Å²) in [6, 6.07) is 3.81. The minimum absolute atomic E-state index is 0.0106. The molecular weight excluding hydrogens is 524 g/mol. The zero-order valence-corrected chi connectivity index (χ0v) is 20.3. The Morgan fingerprint density at radius 1 is 1.19 bits per heavy atom. The molecule has 0 bridgehead atoms. The van der Waals surface area contributed by atoms with Crippen molar-refractivity contribution in [1.82, 2.24) is 14.3 Å². The highest BCUT2D eigenvalue weighted by atomic mass is 32.2. The van der Waals surface area contributed by atoms with Crippen molar-refractivity contribution in [3.63, 3.8) is 0 Å². The highest BCUT2D eigenvalue weighted by Crippen LogP contribution is 2.33. The minimum Gasteiger partial charge on any atom is -0.478 e. The lowest BCUT2D eigenvalue weighted by atomic mass is 10.2. The van der Waals surface area contributed by atoms with E-state index in [2.05, 4.69) is 15.0 Å². The molecule has 15 heteroatoms. The summed E-state index contributed by atoms with van der Waals surface area (Å²) in [5.41, 5.74) is -0.808. The van der Waals surface area contributed by atoms with Gasteiger partial charge in [0, 0.05) is 36.7 Å². The first-order valence-corrected chi connectivity index (χ1v) is 12.0. The van der Waals surface area contributed by atoms with Crippen LogP contribution in [0.3, 0.4) is 0 Å². The Kier molecular flexibility index (Phi) is 9.54. The van der Waals surface area contributed by atoms with Crippen molar-refractivity contribution >= 4 is 39.3 Å². The summed E-state index contributed by atoms with van der Waals surface area (Å²) < 4.78 is 61.0. The molecule has 3 aromatic heterocycles. The van der Waals surface area contributed by atoms with Gasteiger partial charge in [-0.25, -0.2) is 36.1 Å². The second-order valence-electron chi connectivity index (χ2n) is 6.61. The van der Waals surface area contributed by atoms with Gasteiger partial charge in [0.25, 0.3) is 10.0 Å². The zero-order valence-electron chi connectivity index (χ0n) is 18.6. The van der Waals surface area contributed by atoms with Gasteiger partial charge in [0.2, 0.25) is 5.95 Å². The molecule has 3 heterocycles. The van der Waals surface area contributed by atoms with Crippen LogP contribution in [0.4, 0.5) is 8.78 Å². The highest BCUT2D eigenvalue weighted by Gasteiger charge is 2.32. The second-order valence-corrected chi connectivity index (χ2v) is 9.30. The van der Waals surface area contributed by atoms with Crippen molar-refractivity contribution < 1.29 is 46.5 Å². The molecule has 11 nitrogen and oxygen atoms in total. The largest absolute Gasteiger partial charge is 0.478 e. The van der Waals surface area contributed by atoms with Crippen LogP contribution >= 0.6 is 11.3 Å². The second kappa shape index (κ2) is 12.1. The van der Waals surface area contributed by atoms with Crippen LogP contribution in [0.2, 0.25) is 0 Å². The summed E-state index contributed by atoms with van der Waals surface area (Å²) in [5.74, 6) is -5.28. The lowest BCUT2D eigenvalue weighted by Gasteiger charge is -2.11. The van der Waals surface area contributed by atoms with Gasteiger partial charge in [0.15, 0.2) is 5.82 Å². The third kappa shape index (κ3) is 6.38. The molecule has 3 N–H and O–H groups in total. The number of nitrogens with zero attached hydrogens (tertiary/aromatic N) is 2. The van der Waals surface area contributed by atoms with E-state index in [4.69, 9.17) is 10.2 Å². The summed E-state index contributed by atoms with van der Waals surface area (Å²) in [4.78, 5) is 34.0. The number of ether oxygens (including phenoxy) is 1. The van der Waals surface area contributed by atoms with Crippen LogP contribution < -0.4 is 5.32 Å². The number of nitrogens with one attached hydrogen (secondary N) is 1. The molecule has 36 heavy (non-hydrogen) atoms. The van der Waals surface area contributed by atoms with E-state index in [1.54, 1.807) is 7.05 Å². The summed E-state index contributed by atoms with van der Waals surface area (Å²) in [5, 5.41) is 19.8. The molecule has 3 rings (SSSR count). The Balaban J connectivity index is 0.000000493. The van der Waals surface area contributed by atoms with Gasteiger partial charge in [-0.3, -0.25) is 0 Å². The predicted molar refractivity (Wildman–Crippen MR) is 123 cm³/mol. The van der Waals surface area contributed by atoms with Gasteiger partial charge >= 0.3 is 17.9 Å². The molecule has 0 radical (unpaired) electrons. The van der Waals surface area contributed by atoms with Crippen molar-refractivity contribution in [2.45, 2.75) is 11.4 Å². The van der Waals surface area contributed by atoms with Crippen LogP contribution in [-0.4, -0.2) is 59.7 Å². The SMILES string of the molecule is CNCc1cn(S(=O)(=O)c2ccsc2C(=O)OC)c(-c2cccnc2F)c1F.O=C(O)/C=C/C(=O)O. The zero-order chi connectivity index (χ0) is 27.0. The topological polar surface area (TPSA) is 165 Å². The van der Waals surface area contributed by atoms with Gasteiger partial charge in [0.1, 0.15) is 15.5 Å². The van der Waals surface area contributed by atoms with E-state index in [-0.39, 0.29) is 27.4 Å². The fourth-order valence-electron chi connectivity index (χ4n) is 2.81. The monoisotopic (exact) mass is 543 g/mol. The number of thiophene rings is 1. The van der Waals surface area contributed by atoms with Crippen LogP contribution in [0.15, 0.2) is 53.0 Å². The summed E-state index contributed by atoms with van der Waals surface area (Å²) in [7, 11) is -1.75. The number of aromatic nitrogens is 2. The third-order valence-electron chi connectivity index (χ3n) is 4.27. The Morgan fingerprint density at radius 2 is 1.83 bits per heavy atom. The predicted octanol–water partition coefficient (Wildman–Crippen LogP) is 2.34. The fourth-order valence-corrected chi connectivity index (χ4v) is 5.51. The number of carbonyl (C=O) groups excluding carboxylic acids is 1. The number of methoxy groups -OCH3 is 1. The van der Waals surface area contributed by atoms with Crippen LogP contribution in [0.1, 0.15) is 15.2 Å². The average molecular weight is 544 g/mol. The van der Waals surface area contributed by atoms with E-state index in [0.29, 0.717) is 16.1 Å². The number of rotatable bonds is 8. The van der Waals surface area contributed by atoms with Crippen molar-refractivity contribution in [3.05, 3.63) is 70.3 Å². The number of pyridine rings is 1. The number of carboxylic acids is 2. The molecular formula is C21H19F2N3O8S2. The Bertz CT molecular complexity index is 1400. The number of aliphatic carboxylic acids is 2. The van der Waals surface area contributed by atoms with E-state index in [1.807, 2.05) is 0 Å². The lowest BCUT2D eigenvalue weighted by Crippen LogP contribution is -2.16. The molecule has 0 aliphatic heterocycles. The van der Waals surface area contributed by atoms with Crippen LogP contribution in [0, 0.1) is 11.8 Å². The number of esters is 1. The van der Waals surface area contributed by atoms with Gasteiger partial charge in [-0.05, 0) is 30.6 Å². The van der Waals surface area contributed by atoms with Gasteiger partial charge in [-0.15, -0.1) is 11.3 Å². The van der Waals surface area contributed by atoms with Crippen molar-refractivity contribution in [1.29, 1.82) is 0 Å². The molecule has 3 aromatic rings. The molecule has 0 aromatic carbocycles. The standard InChI is InChI=1S/C17H15F2N3O4S2.C4H4O4/c1-20-8-10-9-22(14(13(10)18)11-4-3-6-21-16(11)19)28(24,25)12-5-7-27-15(12)17(23)26-2;5-3(6)1-2-4(7)8/h3-7,9,20H,8H2,1-2H3;1-2H,(H,5,6)(H,7,8)/b;2-1+. The molecule has 192 valence electrons. The van der Waals surface area contributed by atoms with Crippen molar-refractivity contribution in [3.8, 4) is 11.3 Å². The van der Waals surface area contributed by atoms with Crippen LogP contribution in [0.25, 0.3) is 11.3 Å². The molecule has 0 aliphatic carbocycles. The Labute approximate surface area is 207 Å². The normalized spacial score (nSPS) is 11.1.